The molecule has 3 unspecified atom stereocenters. The van der Waals surface area contributed by atoms with Crippen molar-refractivity contribution < 1.29 is 20.1 Å². The van der Waals surface area contributed by atoms with Crippen molar-refractivity contribution in [3.8, 4) is 0 Å². The number of aliphatic hydroxyl groups is 3. The zero-order valence-corrected chi connectivity index (χ0v) is 6.92. The molecule has 5 heteroatoms. The van der Waals surface area contributed by atoms with E-state index in [1.807, 2.05) is 0 Å². The zero-order valence-electron chi connectivity index (χ0n) is 6.92. The third-order valence-electron chi connectivity index (χ3n) is 2.22. The van der Waals surface area contributed by atoms with E-state index in [0.717, 1.165) is 0 Å². The molecule has 0 saturated carbocycles. The van der Waals surface area contributed by atoms with Gasteiger partial charge < -0.3 is 25.8 Å². The SMILES string of the molecule is C[C@H]1O[C@H](CO)C(N)C(O)C1O. The summed E-state index contributed by atoms with van der Waals surface area (Å²) in [6, 6.07) is -0.721. The van der Waals surface area contributed by atoms with Gasteiger partial charge in [-0.3, -0.25) is 0 Å². The van der Waals surface area contributed by atoms with Gasteiger partial charge in [0.1, 0.15) is 12.2 Å². The first-order valence-corrected chi connectivity index (χ1v) is 3.96. The summed E-state index contributed by atoms with van der Waals surface area (Å²) in [5.41, 5.74) is 5.49. The topological polar surface area (TPSA) is 95.9 Å². The average molecular weight is 177 g/mol. The second-order valence-corrected chi connectivity index (χ2v) is 3.12. The molecule has 72 valence electrons. The van der Waals surface area contributed by atoms with E-state index in [2.05, 4.69) is 0 Å². The van der Waals surface area contributed by atoms with E-state index in [1.165, 1.54) is 0 Å². The third-order valence-corrected chi connectivity index (χ3v) is 2.22. The molecule has 1 heterocycles. The molecule has 1 saturated heterocycles. The van der Waals surface area contributed by atoms with Crippen LogP contribution in [0.15, 0.2) is 0 Å². The van der Waals surface area contributed by atoms with E-state index in [4.69, 9.17) is 15.6 Å². The van der Waals surface area contributed by atoms with Crippen molar-refractivity contribution in [2.45, 2.75) is 37.4 Å². The number of nitrogens with two attached hydrogens (primary N) is 1. The monoisotopic (exact) mass is 177 g/mol. The first kappa shape index (κ1) is 9.88. The van der Waals surface area contributed by atoms with Crippen molar-refractivity contribution in [1.29, 1.82) is 0 Å². The predicted molar refractivity (Wildman–Crippen MR) is 41.4 cm³/mol. The Labute approximate surface area is 70.8 Å². The van der Waals surface area contributed by atoms with Gasteiger partial charge in [0, 0.05) is 0 Å². The molecule has 5 N–H and O–H groups in total. The molecule has 0 spiro atoms. The zero-order chi connectivity index (χ0) is 9.30. The van der Waals surface area contributed by atoms with Crippen molar-refractivity contribution in [3.63, 3.8) is 0 Å². The van der Waals surface area contributed by atoms with Gasteiger partial charge in [-0.25, -0.2) is 0 Å². The van der Waals surface area contributed by atoms with Crippen LogP contribution in [-0.4, -0.2) is 52.4 Å². The van der Waals surface area contributed by atoms with Crippen LogP contribution in [-0.2, 0) is 4.74 Å². The fourth-order valence-corrected chi connectivity index (χ4v) is 1.34. The number of aliphatic hydroxyl groups excluding tert-OH is 3. The highest BCUT2D eigenvalue weighted by Gasteiger charge is 2.39. The summed E-state index contributed by atoms with van der Waals surface area (Å²) in [5.74, 6) is 0. The maximum Gasteiger partial charge on any atom is 0.107 e. The second-order valence-electron chi connectivity index (χ2n) is 3.12. The maximum atomic E-state index is 9.35. The molecule has 0 bridgehead atoms. The van der Waals surface area contributed by atoms with Crippen LogP contribution in [0.25, 0.3) is 0 Å². The minimum absolute atomic E-state index is 0.241. The van der Waals surface area contributed by atoms with Gasteiger partial charge in [-0.05, 0) is 6.92 Å². The van der Waals surface area contributed by atoms with Crippen molar-refractivity contribution in [1.82, 2.24) is 0 Å². The Morgan fingerprint density at radius 2 is 1.92 bits per heavy atom. The lowest BCUT2D eigenvalue weighted by Crippen LogP contribution is -2.61. The van der Waals surface area contributed by atoms with Crippen LogP contribution in [0.5, 0.6) is 0 Å². The van der Waals surface area contributed by atoms with Crippen molar-refractivity contribution >= 4 is 0 Å². The van der Waals surface area contributed by atoms with Crippen LogP contribution in [0, 0.1) is 0 Å². The molecule has 12 heavy (non-hydrogen) atoms. The molecule has 1 rings (SSSR count). The van der Waals surface area contributed by atoms with Crippen LogP contribution in [0.2, 0.25) is 0 Å². The van der Waals surface area contributed by atoms with Gasteiger partial charge in [0.05, 0.1) is 24.9 Å². The minimum Gasteiger partial charge on any atom is -0.394 e. The molecular weight excluding hydrogens is 162 g/mol. The smallest absolute Gasteiger partial charge is 0.107 e. The summed E-state index contributed by atoms with van der Waals surface area (Å²) in [7, 11) is 0. The Morgan fingerprint density at radius 1 is 1.33 bits per heavy atom. The maximum absolute atomic E-state index is 9.35. The summed E-state index contributed by atoms with van der Waals surface area (Å²) in [6.45, 7) is 1.39. The first-order chi connectivity index (χ1) is 5.57. The Hall–Kier alpha value is -0.200. The summed E-state index contributed by atoms with van der Waals surface area (Å²) < 4.78 is 5.15. The molecule has 0 aromatic carbocycles. The first-order valence-electron chi connectivity index (χ1n) is 3.96. The van der Waals surface area contributed by atoms with E-state index in [9.17, 15) is 10.2 Å². The lowest BCUT2D eigenvalue weighted by molar-refractivity contribution is -0.180. The molecule has 0 amide bonds. The van der Waals surface area contributed by atoms with E-state index in [0.29, 0.717) is 0 Å². The molecule has 0 aromatic heterocycles. The van der Waals surface area contributed by atoms with Gasteiger partial charge >= 0.3 is 0 Å². The Balaban J connectivity index is 2.63. The highest BCUT2D eigenvalue weighted by atomic mass is 16.5. The molecular formula is C7H15NO4. The Morgan fingerprint density at radius 3 is 2.42 bits per heavy atom. The summed E-state index contributed by atoms with van der Waals surface area (Å²) in [6.07, 6.45) is -3.07. The molecule has 1 fully saturated rings. The number of ether oxygens (including phenoxy) is 1. The quantitative estimate of drug-likeness (QED) is 0.365. The molecule has 0 aromatic rings. The number of rotatable bonds is 1. The van der Waals surface area contributed by atoms with Crippen molar-refractivity contribution in [2.75, 3.05) is 6.61 Å². The van der Waals surface area contributed by atoms with Gasteiger partial charge in [-0.15, -0.1) is 0 Å². The van der Waals surface area contributed by atoms with Crippen LogP contribution < -0.4 is 5.73 Å². The molecule has 5 nitrogen and oxygen atoms in total. The van der Waals surface area contributed by atoms with E-state index >= 15 is 0 Å². The number of hydrogen-bond acceptors (Lipinski definition) is 5. The number of hydrogen-bond donors (Lipinski definition) is 4. The molecule has 0 aliphatic carbocycles. The average Bonchev–Trinajstić information content (AvgIpc) is 2.08. The fraction of sp³-hybridized carbons (Fsp3) is 1.00. The molecule has 5 atom stereocenters. The van der Waals surface area contributed by atoms with Gasteiger partial charge in [0.25, 0.3) is 0 Å². The summed E-state index contributed by atoms with van der Waals surface area (Å²) in [5, 5.41) is 27.4. The summed E-state index contributed by atoms with van der Waals surface area (Å²) >= 11 is 0. The normalized spacial score (nSPS) is 49.2. The van der Waals surface area contributed by atoms with E-state index in [-0.39, 0.29) is 6.61 Å². The van der Waals surface area contributed by atoms with Crippen LogP contribution in [0.1, 0.15) is 6.92 Å². The molecule has 1 aliphatic heterocycles. The Bertz CT molecular complexity index is 150. The molecule has 1 aliphatic rings. The standard InChI is InChI=1S/C7H15NO4/c1-3-6(10)7(11)5(8)4(2-9)12-3/h3-7,9-11H,2,8H2,1H3/t3-,4-,5?,6?,7?/m1/s1. The highest BCUT2D eigenvalue weighted by molar-refractivity contribution is 4.92. The van der Waals surface area contributed by atoms with E-state index in [1.54, 1.807) is 6.92 Å². The van der Waals surface area contributed by atoms with Gasteiger partial charge in [-0.1, -0.05) is 0 Å². The van der Waals surface area contributed by atoms with Crippen LogP contribution >= 0.6 is 0 Å². The third kappa shape index (κ3) is 1.60. The van der Waals surface area contributed by atoms with Gasteiger partial charge in [0.2, 0.25) is 0 Å². The summed E-state index contributed by atoms with van der Waals surface area (Å²) in [4.78, 5) is 0. The lowest BCUT2D eigenvalue weighted by Gasteiger charge is -2.39. The molecule has 0 radical (unpaired) electrons. The predicted octanol–water partition coefficient (Wildman–Crippen LogP) is -2.18. The Kier molecular flexibility index (Phi) is 3.03. The minimum atomic E-state index is -1.02. The largest absolute Gasteiger partial charge is 0.394 e. The van der Waals surface area contributed by atoms with Crippen LogP contribution in [0.3, 0.4) is 0 Å². The second kappa shape index (κ2) is 3.68. The van der Waals surface area contributed by atoms with E-state index < -0.39 is 30.5 Å². The van der Waals surface area contributed by atoms with Gasteiger partial charge in [0.15, 0.2) is 0 Å². The fourth-order valence-electron chi connectivity index (χ4n) is 1.34. The van der Waals surface area contributed by atoms with Crippen LogP contribution in [0.4, 0.5) is 0 Å². The van der Waals surface area contributed by atoms with Crippen molar-refractivity contribution in [3.05, 3.63) is 0 Å². The highest BCUT2D eigenvalue weighted by Crippen LogP contribution is 2.18. The van der Waals surface area contributed by atoms with Gasteiger partial charge in [-0.2, -0.15) is 0 Å². The lowest BCUT2D eigenvalue weighted by atomic mass is 9.94. The van der Waals surface area contributed by atoms with Crippen molar-refractivity contribution in [2.24, 2.45) is 5.73 Å².